The largest absolute Gasteiger partial charge is 0.493 e. The number of ether oxygens (including phenoxy) is 2. The van der Waals surface area contributed by atoms with E-state index in [9.17, 15) is 0 Å². The normalized spacial score (nSPS) is 16.2. The van der Waals surface area contributed by atoms with Crippen LogP contribution in [0.5, 0.6) is 5.75 Å². The van der Waals surface area contributed by atoms with Crippen LogP contribution in [0.4, 0.5) is 0 Å². The fraction of sp³-hybridized carbons (Fsp3) is 0.538. The third-order valence-corrected chi connectivity index (χ3v) is 3.04. The first-order chi connectivity index (χ1) is 7.18. The summed E-state index contributed by atoms with van der Waals surface area (Å²) in [5.74, 6) is 1.64. The van der Waals surface area contributed by atoms with Gasteiger partial charge in [0.2, 0.25) is 0 Å². The van der Waals surface area contributed by atoms with Crippen molar-refractivity contribution in [3.63, 3.8) is 0 Å². The predicted octanol–water partition coefficient (Wildman–Crippen LogP) is 2.64. The highest BCUT2D eigenvalue weighted by Crippen LogP contribution is 2.26. The second-order valence-corrected chi connectivity index (χ2v) is 4.37. The van der Waals surface area contributed by atoms with Crippen molar-refractivity contribution in [3.8, 4) is 5.75 Å². The lowest BCUT2D eigenvalue weighted by atomic mass is 10.0. The van der Waals surface area contributed by atoms with Gasteiger partial charge in [-0.3, -0.25) is 0 Å². The summed E-state index contributed by atoms with van der Waals surface area (Å²) in [5, 5.41) is 0. The van der Waals surface area contributed by atoms with Gasteiger partial charge < -0.3 is 9.47 Å². The van der Waals surface area contributed by atoms with Crippen LogP contribution in [0.1, 0.15) is 16.7 Å². The third-order valence-electron chi connectivity index (χ3n) is 3.04. The molecule has 2 heteroatoms. The molecule has 2 rings (SSSR count). The van der Waals surface area contributed by atoms with E-state index >= 15 is 0 Å². The van der Waals surface area contributed by atoms with Crippen LogP contribution in [0, 0.1) is 26.7 Å². The van der Waals surface area contributed by atoms with Crippen LogP contribution in [0.2, 0.25) is 0 Å². The number of rotatable bonds is 3. The summed E-state index contributed by atoms with van der Waals surface area (Å²) in [4.78, 5) is 0. The van der Waals surface area contributed by atoms with Gasteiger partial charge in [0.1, 0.15) is 5.75 Å². The topological polar surface area (TPSA) is 18.5 Å². The van der Waals surface area contributed by atoms with Crippen molar-refractivity contribution in [1.82, 2.24) is 0 Å². The monoisotopic (exact) mass is 206 g/mol. The summed E-state index contributed by atoms with van der Waals surface area (Å²) in [5.41, 5.74) is 3.77. The van der Waals surface area contributed by atoms with Gasteiger partial charge >= 0.3 is 0 Å². The maximum absolute atomic E-state index is 5.87. The van der Waals surface area contributed by atoms with Crippen molar-refractivity contribution in [2.75, 3.05) is 19.8 Å². The summed E-state index contributed by atoms with van der Waals surface area (Å²) < 4.78 is 11.0. The van der Waals surface area contributed by atoms with Gasteiger partial charge in [-0.1, -0.05) is 12.1 Å². The summed E-state index contributed by atoms with van der Waals surface area (Å²) in [6, 6.07) is 4.26. The number of hydrogen-bond acceptors (Lipinski definition) is 2. The zero-order valence-electron chi connectivity index (χ0n) is 9.67. The Morgan fingerprint density at radius 3 is 2.47 bits per heavy atom. The molecular weight excluding hydrogens is 188 g/mol. The molecule has 1 aromatic rings. The molecule has 1 aromatic carbocycles. The van der Waals surface area contributed by atoms with Crippen molar-refractivity contribution < 1.29 is 9.47 Å². The molecule has 0 radical (unpaired) electrons. The van der Waals surface area contributed by atoms with E-state index in [-0.39, 0.29) is 0 Å². The summed E-state index contributed by atoms with van der Waals surface area (Å²) >= 11 is 0. The first-order valence-corrected chi connectivity index (χ1v) is 5.46. The van der Waals surface area contributed by atoms with Gasteiger partial charge in [0, 0.05) is 5.92 Å². The fourth-order valence-corrected chi connectivity index (χ4v) is 1.73. The van der Waals surface area contributed by atoms with Gasteiger partial charge in [0.15, 0.2) is 0 Å². The van der Waals surface area contributed by atoms with E-state index in [0.29, 0.717) is 5.92 Å². The Morgan fingerprint density at radius 2 is 1.87 bits per heavy atom. The first-order valence-electron chi connectivity index (χ1n) is 5.46. The minimum atomic E-state index is 0.587. The minimum Gasteiger partial charge on any atom is -0.493 e. The van der Waals surface area contributed by atoms with Gasteiger partial charge in [0.05, 0.1) is 19.8 Å². The Kier molecular flexibility index (Phi) is 2.96. The predicted molar refractivity (Wildman–Crippen MR) is 60.5 cm³/mol. The highest BCUT2D eigenvalue weighted by molar-refractivity contribution is 5.44. The molecule has 0 bridgehead atoms. The van der Waals surface area contributed by atoms with Crippen LogP contribution in [0.15, 0.2) is 12.1 Å². The summed E-state index contributed by atoms with van der Waals surface area (Å²) in [7, 11) is 0. The molecule has 0 atom stereocenters. The first kappa shape index (κ1) is 10.5. The van der Waals surface area contributed by atoms with Crippen LogP contribution in [-0.2, 0) is 4.74 Å². The van der Waals surface area contributed by atoms with E-state index in [1.54, 1.807) is 0 Å². The maximum Gasteiger partial charge on any atom is 0.125 e. The highest BCUT2D eigenvalue weighted by Gasteiger charge is 2.19. The number of hydrogen-bond donors (Lipinski definition) is 0. The van der Waals surface area contributed by atoms with Crippen LogP contribution in [0.3, 0.4) is 0 Å². The van der Waals surface area contributed by atoms with E-state index in [1.807, 2.05) is 0 Å². The molecule has 1 aliphatic heterocycles. The lowest BCUT2D eigenvalue weighted by molar-refractivity contribution is -0.0510. The second-order valence-electron chi connectivity index (χ2n) is 4.37. The molecule has 82 valence electrons. The zero-order chi connectivity index (χ0) is 10.8. The van der Waals surface area contributed by atoms with Crippen LogP contribution in [-0.4, -0.2) is 19.8 Å². The molecule has 15 heavy (non-hydrogen) atoms. The molecule has 0 amide bonds. The molecule has 1 heterocycles. The van der Waals surface area contributed by atoms with Crippen LogP contribution < -0.4 is 4.74 Å². The van der Waals surface area contributed by atoms with Crippen LogP contribution in [0.25, 0.3) is 0 Å². The molecule has 0 unspecified atom stereocenters. The van der Waals surface area contributed by atoms with Gasteiger partial charge in [-0.05, 0) is 37.5 Å². The van der Waals surface area contributed by atoms with Gasteiger partial charge in [0.25, 0.3) is 0 Å². The third kappa shape index (κ3) is 2.15. The van der Waals surface area contributed by atoms with E-state index < -0.39 is 0 Å². The molecule has 0 spiro atoms. The number of benzene rings is 1. The van der Waals surface area contributed by atoms with Gasteiger partial charge in [-0.2, -0.15) is 0 Å². The smallest absolute Gasteiger partial charge is 0.125 e. The Balaban J connectivity index is 2.08. The Labute approximate surface area is 91.2 Å². The molecule has 1 aliphatic rings. The molecule has 0 saturated carbocycles. The molecule has 0 aliphatic carbocycles. The zero-order valence-corrected chi connectivity index (χ0v) is 9.67. The van der Waals surface area contributed by atoms with E-state index in [1.165, 1.54) is 16.7 Å². The van der Waals surface area contributed by atoms with E-state index in [2.05, 4.69) is 32.9 Å². The maximum atomic E-state index is 5.87. The number of aryl methyl sites for hydroxylation is 2. The van der Waals surface area contributed by atoms with Crippen LogP contribution >= 0.6 is 0 Å². The molecule has 2 nitrogen and oxygen atoms in total. The fourth-order valence-electron chi connectivity index (χ4n) is 1.73. The van der Waals surface area contributed by atoms with Crippen molar-refractivity contribution in [1.29, 1.82) is 0 Å². The average molecular weight is 206 g/mol. The van der Waals surface area contributed by atoms with Crippen molar-refractivity contribution >= 4 is 0 Å². The quantitative estimate of drug-likeness (QED) is 0.757. The van der Waals surface area contributed by atoms with E-state index in [4.69, 9.17) is 9.47 Å². The molecule has 1 saturated heterocycles. The molecule has 1 fully saturated rings. The summed E-state index contributed by atoms with van der Waals surface area (Å²) in [6.07, 6.45) is 0. The average Bonchev–Trinajstić information content (AvgIpc) is 2.15. The molecule has 0 N–H and O–H groups in total. The summed E-state index contributed by atoms with van der Waals surface area (Å²) in [6.45, 7) is 8.82. The highest BCUT2D eigenvalue weighted by atomic mass is 16.5. The standard InChI is InChI=1S/C13H18O2/c1-9-4-5-10(2)13(11(9)3)15-8-12-6-14-7-12/h4-5,12H,6-8H2,1-3H3. The lowest BCUT2D eigenvalue weighted by Crippen LogP contribution is -2.32. The molecule has 0 aromatic heterocycles. The molecular formula is C13H18O2. The van der Waals surface area contributed by atoms with Crippen molar-refractivity contribution in [2.24, 2.45) is 5.92 Å². The van der Waals surface area contributed by atoms with Crippen molar-refractivity contribution in [2.45, 2.75) is 20.8 Å². The SMILES string of the molecule is Cc1ccc(C)c(OCC2COC2)c1C. The Bertz CT molecular complexity index is 354. The van der Waals surface area contributed by atoms with E-state index in [0.717, 1.165) is 25.6 Å². The Hall–Kier alpha value is -1.02. The van der Waals surface area contributed by atoms with Gasteiger partial charge in [-0.25, -0.2) is 0 Å². The Morgan fingerprint density at radius 1 is 1.20 bits per heavy atom. The van der Waals surface area contributed by atoms with Crippen molar-refractivity contribution in [3.05, 3.63) is 28.8 Å². The second kappa shape index (κ2) is 4.23. The van der Waals surface area contributed by atoms with Gasteiger partial charge in [-0.15, -0.1) is 0 Å². The lowest BCUT2D eigenvalue weighted by Gasteiger charge is -2.26. The minimum absolute atomic E-state index is 0.587.